The lowest BCUT2D eigenvalue weighted by Crippen LogP contribution is -2.13. The van der Waals surface area contributed by atoms with Crippen molar-refractivity contribution in [2.75, 3.05) is 11.9 Å². The van der Waals surface area contributed by atoms with E-state index in [1.165, 1.54) is 31.4 Å². The third kappa shape index (κ3) is 5.40. The fraction of sp³-hybridized carbons (Fsp3) is 0.571. The molecule has 1 N–H and O–H groups in total. The first-order chi connectivity index (χ1) is 8.15. The van der Waals surface area contributed by atoms with Crippen molar-refractivity contribution in [3.05, 3.63) is 29.0 Å². The van der Waals surface area contributed by atoms with Crippen molar-refractivity contribution in [3.63, 3.8) is 0 Å². The second kappa shape index (κ2) is 7.54. The lowest BCUT2D eigenvalue weighted by Gasteiger charge is -2.16. The van der Waals surface area contributed by atoms with Crippen molar-refractivity contribution in [1.82, 2.24) is 0 Å². The molecule has 0 aromatic heterocycles. The summed E-state index contributed by atoms with van der Waals surface area (Å²) in [6.45, 7) is 5.28. The Bertz CT molecular complexity index is 321. The Morgan fingerprint density at radius 3 is 2.65 bits per heavy atom. The summed E-state index contributed by atoms with van der Waals surface area (Å²) < 4.78 is 13.1. The molecule has 0 spiro atoms. The fourth-order valence-electron chi connectivity index (χ4n) is 1.86. The van der Waals surface area contributed by atoms with Gasteiger partial charge < -0.3 is 5.32 Å². The molecule has 3 heteroatoms. The van der Waals surface area contributed by atoms with Gasteiger partial charge in [-0.2, -0.15) is 0 Å². The van der Waals surface area contributed by atoms with Crippen LogP contribution >= 0.6 is 11.6 Å². The number of unbranched alkanes of at least 4 members (excludes halogenated alkanes) is 1. The standard InChI is InChI=1S/C14H21ClFN/c1-3-5-6-11(4-2)10-17-14-8-12(15)7-13(16)9-14/h7-9,11,17H,3-6,10H2,1-2H3. The van der Waals surface area contributed by atoms with Gasteiger partial charge in [0.05, 0.1) is 0 Å². The van der Waals surface area contributed by atoms with Gasteiger partial charge in [-0.3, -0.25) is 0 Å². The van der Waals surface area contributed by atoms with Crippen LogP contribution in [0.4, 0.5) is 10.1 Å². The molecule has 0 aliphatic rings. The highest BCUT2D eigenvalue weighted by Crippen LogP contribution is 2.19. The number of benzene rings is 1. The third-order valence-electron chi connectivity index (χ3n) is 3.00. The minimum absolute atomic E-state index is 0.290. The lowest BCUT2D eigenvalue weighted by molar-refractivity contribution is 0.472. The Morgan fingerprint density at radius 2 is 2.06 bits per heavy atom. The molecule has 17 heavy (non-hydrogen) atoms. The Morgan fingerprint density at radius 1 is 1.29 bits per heavy atom. The van der Waals surface area contributed by atoms with Crippen LogP contribution in [0.2, 0.25) is 5.02 Å². The molecule has 96 valence electrons. The van der Waals surface area contributed by atoms with E-state index in [1.807, 2.05) is 0 Å². The van der Waals surface area contributed by atoms with Gasteiger partial charge in [0, 0.05) is 17.3 Å². The maximum atomic E-state index is 13.1. The van der Waals surface area contributed by atoms with Crippen LogP contribution in [0.1, 0.15) is 39.5 Å². The van der Waals surface area contributed by atoms with Crippen LogP contribution in [0, 0.1) is 11.7 Å². The molecule has 1 atom stereocenters. The zero-order chi connectivity index (χ0) is 12.7. The van der Waals surface area contributed by atoms with E-state index in [2.05, 4.69) is 19.2 Å². The summed E-state index contributed by atoms with van der Waals surface area (Å²) in [5.41, 5.74) is 0.768. The molecule has 1 unspecified atom stereocenters. The van der Waals surface area contributed by atoms with Gasteiger partial charge in [0.25, 0.3) is 0 Å². The average molecular weight is 258 g/mol. The number of anilines is 1. The molecule has 0 saturated carbocycles. The highest BCUT2D eigenvalue weighted by molar-refractivity contribution is 6.30. The number of hydrogen-bond donors (Lipinski definition) is 1. The quantitative estimate of drug-likeness (QED) is 0.716. The number of rotatable bonds is 7. The van der Waals surface area contributed by atoms with Crippen LogP contribution < -0.4 is 5.32 Å². The van der Waals surface area contributed by atoms with Gasteiger partial charge in [0.1, 0.15) is 5.82 Å². The predicted octanol–water partition coefficient (Wildman–Crippen LogP) is 5.11. The maximum absolute atomic E-state index is 13.1. The molecular formula is C14H21ClFN. The minimum Gasteiger partial charge on any atom is -0.385 e. The molecule has 0 saturated heterocycles. The van der Waals surface area contributed by atoms with Gasteiger partial charge in [-0.25, -0.2) is 4.39 Å². The summed E-state index contributed by atoms with van der Waals surface area (Å²) >= 11 is 5.80. The Labute approximate surface area is 108 Å². The Hall–Kier alpha value is -0.760. The summed E-state index contributed by atoms with van der Waals surface area (Å²) in [5.74, 6) is 0.360. The van der Waals surface area contributed by atoms with Crippen molar-refractivity contribution in [2.24, 2.45) is 5.92 Å². The van der Waals surface area contributed by atoms with E-state index in [0.29, 0.717) is 10.9 Å². The van der Waals surface area contributed by atoms with E-state index in [-0.39, 0.29) is 5.82 Å². The highest BCUT2D eigenvalue weighted by atomic mass is 35.5. The Kier molecular flexibility index (Phi) is 6.35. The summed E-state index contributed by atoms with van der Waals surface area (Å²) in [6, 6.07) is 4.57. The van der Waals surface area contributed by atoms with Crippen LogP contribution in [0.25, 0.3) is 0 Å². The third-order valence-corrected chi connectivity index (χ3v) is 3.22. The first-order valence-corrected chi connectivity index (χ1v) is 6.73. The van der Waals surface area contributed by atoms with E-state index in [1.54, 1.807) is 6.07 Å². The molecule has 0 aliphatic carbocycles. The predicted molar refractivity (Wildman–Crippen MR) is 73.2 cm³/mol. The van der Waals surface area contributed by atoms with Crippen LogP contribution in [0.5, 0.6) is 0 Å². The van der Waals surface area contributed by atoms with Crippen molar-refractivity contribution in [2.45, 2.75) is 39.5 Å². The zero-order valence-corrected chi connectivity index (χ0v) is 11.4. The van der Waals surface area contributed by atoms with E-state index in [9.17, 15) is 4.39 Å². The molecule has 0 bridgehead atoms. The van der Waals surface area contributed by atoms with Gasteiger partial charge in [0.15, 0.2) is 0 Å². The summed E-state index contributed by atoms with van der Waals surface area (Å²) in [7, 11) is 0. The van der Waals surface area contributed by atoms with Crippen LogP contribution in [0.3, 0.4) is 0 Å². The van der Waals surface area contributed by atoms with E-state index in [0.717, 1.165) is 18.7 Å². The van der Waals surface area contributed by atoms with Crippen LogP contribution in [0.15, 0.2) is 18.2 Å². The van der Waals surface area contributed by atoms with Gasteiger partial charge in [-0.05, 0) is 30.5 Å². The average Bonchev–Trinajstić information content (AvgIpc) is 2.28. The molecular weight excluding hydrogens is 237 g/mol. The van der Waals surface area contributed by atoms with Gasteiger partial charge in [0.2, 0.25) is 0 Å². The van der Waals surface area contributed by atoms with Gasteiger partial charge in [-0.15, -0.1) is 0 Å². The first kappa shape index (κ1) is 14.3. The summed E-state index contributed by atoms with van der Waals surface area (Å²) in [4.78, 5) is 0. The first-order valence-electron chi connectivity index (χ1n) is 6.35. The fourth-order valence-corrected chi connectivity index (χ4v) is 2.08. The molecule has 0 fully saturated rings. The molecule has 1 aromatic rings. The van der Waals surface area contributed by atoms with Crippen LogP contribution in [-0.2, 0) is 0 Å². The second-order valence-corrected chi connectivity index (χ2v) is 4.89. The molecule has 1 nitrogen and oxygen atoms in total. The second-order valence-electron chi connectivity index (χ2n) is 4.46. The number of nitrogens with one attached hydrogen (secondary N) is 1. The number of halogens is 2. The van der Waals surface area contributed by atoms with Gasteiger partial charge in [-0.1, -0.05) is 44.7 Å². The largest absolute Gasteiger partial charge is 0.385 e. The minimum atomic E-state index is -0.290. The summed E-state index contributed by atoms with van der Waals surface area (Å²) in [6.07, 6.45) is 4.85. The smallest absolute Gasteiger partial charge is 0.126 e. The SMILES string of the molecule is CCCCC(CC)CNc1cc(F)cc(Cl)c1. The maximum Gasteiger partial charge on any atom is 0.126 e. The molecule has 0 aliphatic heterocycles. The lowest BCUT2D eigenvalue weighted by atomic mass is 9.99. The number of hydrogen-bond acceptors (Lipinski definition) is 1. The Balaban J connectivity index is 2.47. The van der Waals surface area contributed by atoms with E-state index >= 15 is 0 Å². The van der Waals surface area contributed by atoms with Crippen molar-refractivity contribution in [1.29, 1.82) is 0 Å². The van der Waals surface area contributed by atoms with Crippen molar-refractivity contribution < 1.29 is 4.39 Å². The normalized spacial score (nSPS) is 12.5. The molecule has 1 rings (SSSR count). The van der Waals surface area contributed by atoms with E-state index < -0.39 is 0 Å². The molecule has 0 amide bonds. The van der Waals surface area contributed by atoms with Crippen molar-refractivity contribution >= 4 is 17.3 Å². The zero-order valence-electron chi connectivity index (χ0n) is 10.6. The highest BCUT2D eigenvalue weighted by Gasteiger charge is 2.06. The molecule has 0 heterocycles. The topological polar surface area (TPSA) is 12.0 Å². The van der Waals surface area contributed by atoms with Crippen LogP contribution in [-0.4, -0.2) is 6.54 Å². The monoisotopic (exact) mass is 257 g/mol. The molecule has 0 radical (unpaired) electrons. The van der Waals surface area contributed by atoms with Crippen molar-refractivity contribution in [3.8, 4) is 0 Å². The summed E-state index contributed by atoms with van der Waals surface area (Å²) in [5, 5.41) is 3.70. The molecule has 1 aromatic carbocycles. The van der Waals surface area contributed by atoms with Gasteiger partial charge >= 0.3 is 0 Å². The van der Waals surface area contributed by atoms with E-state index in [4.69, 9.17) is 11.6 Å².